The lowest BCUT2D eigenvalue weighted by Crippen LogP contribution is -2.01. The van der Waals surface area contributed by atoms with Crippen molar-refractivity contribution < 1.29 is 4.74 Å². The van der Waals surface area contributed by atoms with E-state index in [-0.39, 0.29) is 0 Å². The molecule has 3 N–H and O–H groups in total. The topological polar surface area (TPSA) is 60.2 Å². The number of ether oxygens (including phenoxy) is 1. The second kappa shape index (κ2) is 7.14. The molecular weight excluding hydrogens is 270 g/mol. The summed E-state index contributed by atoms with van der Waals surface area (Å²) in [5.74, 6) is 0.808. The molecule has 0 aliphatic rings. The van der Waals surface area contributed by atoms with E-state index in [1.807, 2.05) is 24.4 Å². The monoisotopic (exact) mass is 291 g/mol. The van der Waals surface area contributed by atoms with Gasteiger partial charge < -0.3 is 15.8 Å². The maximum Gasteiger partial charge on any atom is 0.123 e. The summed E-state index contributed by atoms with van der Waals surface area (Å²) in [4.78, 5) is 5.70. The van der Waals surface area contributed by atoms with Crippen molar-refractivity contribution in [1.82, 2.24) is 4.98 Å². The maximum atomic E-state index is 5.89. The smallest absolute Gasteiger partial charge is 0.123 e. The lowest BCUT2D eigenvalue weighted by Gasteiger charge is -2.10. The van der Waals surface area contributed by atoms with Crippen molar-refractivity contribution >= 4 is 22.7 Å². The van der Waals surface area contributed by atoms with Crippen LogP contribution in [-0.2, 0) is 13.0 Å². The van der Waals surface area contributed by atoms with Gasteiger partial charge in [-0.25, -0.2) is 4.98 Å². The molecule has 1 aromatic carbocycles. The van der Waals surface area contributed by atoms with Crippen LogP contribution in [0.3, 0.4) is 0 Å². The van der Waals surface area contributed by atoms with E-state index in [1.54, 1.807) is 11.3 Å². The minimum absolute atomic E-state index is 0.703. The van der Waals surface area contributed by atoms with Crippen molar-refractivity contribution in [3.8, 4) is 5.75 Å². The molecule has 2 rings (SSSR count). The molecule has 0 bridgehead atoms. The van der Waals surface area contributed by atoms with Crippen LogP contribution < -0.4 is 15.8 Å². The van der Waals surface area contributed by atoms with E-state index < -0.39 is 0 Å². The third kappa shape index (κ3) is 4.13. The van der Waals surface area contributed by atoms with Crippen LogP contribution in [0.2, 0.25) is 0 Å². The number of nitrogens with one attached hydrogen (secondary N) is 1. The van der Waals surface area contributed by atoms with Crippen LogP contribution >= 0.6 is 11.3 Å². The number of anilines is 2. The summed E-state index contributed by atoms with van der Waals surface area (Å²) in [6.07, 6.45) is 3.96. The summed E-state index contributed by atoms with van der Waals surface area (Å²) in [5, 5.41) is 4.43. The number of aryl methyl sites for hydroxylation is 1. The van der Waals surface area contributed by atoms with Gasteiger partial charge in [-0.15, -0.1) is 11.3 Å². The van der Waals surface area contributed by atoms with Gasteiger partial charge >= 0.3 is 0 Å². The van der Waals surface area contributed by atoms with E-state index in [9.17, 15) is 0 Å². The van der Waals surface area contributed by atoms with Gasteiger partial charge in [-0.3, -0.25) is 0 Å². The largest absolute Gasteiger partial charge is 0.493 e. The van der Waals surface area contributed by atoms with Gasteiger partial charge in [0.25, 0.3) is 0 Å². The molecule has 0 fully saturated rings. The first kappa shape index (κ1) is 14.7. The number of benzene rings is 1. The Labute approximate surface area is 124 Å². The predicted octanol–water partition coefficient (Wildman–Crippen LogP) is 3.69. The lowest BCUT2D eigenvalue weighted by atomic mass is 10.2. The minimum Gasteiger partial charge on any atom is -0.493 e. The van der Waals surface area contributed by atoms with Crippen molar-refractivity contribution in [3.05, 3.63) is 34.3 Å². The van der Waals surface area contributed by atoms with Gasteiger partial charge in [0.15, 0.2) is 0 Å². The van der Waals surface area contributed by atoms with E-state index in [4.69, 9.17) is 10.5 Å². The highest BCUT2D eigenvalue weighted by molar-refractivity contribution is 7.11. The van der Waals surface area contributed by atoms with E-state index in [1.165, 1.54) is 4.88 Å². The van der Waals surface area contributed by atoms with Crippen LogP contribution in [0.1, 0.15) is 30.2 Å². The molecule has 0 saturated heterocycles. The molecule has 108 valence electrons. The average Bonchev–Trinajstić information content (AvgIpc) is 2.90. The SMILES string of the molecule is CCCOc1cc(N)cc(NCc2ncc(CC)s2)c1. The first-order valence-electron chi connectivity index (χ1n) is 6.92. The van der Waals surface area contributed by atoms with Crippen molar-refractivity contribution in [2.45, 2.75) is 33.2 Å². The molecule has 5 heteroatoms. The van der Waals surface area contributed by atoms with Crippen molar-refractivity contribution in [3.63, 3.8) is 0 Å². The first-order chi connectivity index (χ1) is 9.71. The number of nitrogens with zero attached hydrogens (tertiary/aromatic N) is 1. The zero-order valence-corrected chi connectivity index (χ0v) is 12.8. The third-order valence-electron chi connectivity index (χ3n) is 2.80. The van der Waals surface area contributed by atoms with Gasteiger partial charge in [0.1, 0.15) is 10.8 Å². The molecule has 20 heavy (non-hydrogen) atoms. The Morgan fingerprint density at radius 1 is 1.30 bits per heavy atom. The highest BCUT2D eigenvalue weighted by atomic mass is 32.1. The zero-order chi connectivity index (χ0) is 14.4. The summed E-state index contributed by atoms with van der Waals surface area (Å²) in [5.41, 5.74) is 7.56. The molecule has 1 aromatic heterocycles. The quantitative estimate of drug-likeness (QED) is 0.764. The molecule has 4 nitrogen and oxygen atoms in total. The number of hydrogen-bond acceptors (Lipinski definition) is 5. The fourth-order valence-corrected chi connectivity index (χ4v) is 2.60. The Kier molecular flexibility index (Phi) is 5.24. The molecule has 0 amide bonds. The molecule has 1 heterocycles. The standard InChI is InChI=1S/C15H21N3OS/c1-3-5-19-13-7-11(16)6-12(8-13)17-10-15-18-9-14(4-2)20-15/h6-9,17H,3-5,10,16H2,1-2H3. The van der Waals surface area contributed by atoms with E-state index in [0.29, 0.717) is 18.8 Å². The summed E-state index contributed by atoms with van der Waals surface area (Å²) < 4.78 is 5.62. The van der Waals surface area contributed by atoms with E-state index in [0.717, 1.165) is 29.3 Å². The normalized spacial score (nSPS) is 10.5. The summed E-state index contributed by atoms with van der Waals surface area (Å²) in [7, 11) is 0. The minimum atomic E-state index is 0.703. The maximum absolute atomic E-state index is 5.89. The third-order valence-corrected chi connectivity index (χ3v) is 3.94. The number of nitrogen functional groups attached to an aromatic ring is 1. The van der Waals surface area contributed by atoms with Gasteiger partial charge in [0.05, 0.1) is 13.2 Å². The summed E-state index contributed by atoms with van der Waals surface area (Å²) >= 11 is 1.74. The molecule has 0 unspecified atom stereocenters. The van der Waals surface area contributed by atoms with E-state index >= 15 is 0 Å². The van der Waals surface area contributed by atoms with Crippen LogP contribution in [-0.4, -0.2) is 11.6 Å². The van der Waals surface area contributed by atoms with Crippen molar-refractivity contribution in [2.75, 3.05) is 17.7 Å². The highest BCUT2D eigenvalue weighted by Crippen LogP contribution is 2.24. The van der Waals surface area contributed by atoms with Crippen LogP contribution in [0.15, 0.2) is 24.4 Å². The fraction of sp³-hybridized carbons (Fsp3) is 0.400. The number of thiazole rings is 1. The Hall–Kier alpha value is -1.75. The second-order valence-corrected chi connectivity index (χ2v) is 5.77. The van der Waals surface area contributed by atoms with Gasteiger partial charge in [-0.2, -0.15) is 0 Å². The fourth-order valence-electron chi connectivity index (χ4n) is 1.80. The van der Waals surface area contributed by atoms with Gasteiger partial charge in [0, 0.05) is 34.6 Å². The predicted molar refractivity (Wildman–Crippen MR) is 85.5 cm³/mol. The number of nitrogens with two attached hydrogens (primary N) is 1. The molecule has 0 saturated carbocycles. The Morgan fingerprint density at radius 2 is 2.15 bits per heavy atom. The average molecular weight is 291 g/mol. The van der Waals surface area contributed by atoms with Gasteiger partial charge in [-0.1, -0.05) is 13.8 Å². The molecule has 0 aliphatic carbocycles. The molecule has 2 aromatic rings. The lowest BCUT2D eigenvalue weighted by molar-refractivity contribution is 0.318. The van der Waals surface area contributed by atoms with Crippen LogP contribution in [0, 0.1) is 0 Å². The summed E-state index contributed by atoms with van der Waals surface area (Å²) in [6, 6.07) is 5.73. The van der Waals surface area contributed by atoms with Crippen LogP contribution in [0.5, 0.6) is 5.75 Å². The molecule has 0 radical (unpaired) electrons. The number of hydrogen-bond donors (Lipinski definition) is 2. The Balaban J connectivity index is 1.99. The van der Waals surface area contributed by atoms with Crippen LogP contribution in [0.25, 0.3) is 0 Å². The molecule has 0 atom stereocenters. The molecular formula is C15H21N3OS. The van der Waals surface area contributed by atoms with Crippen molar-refractivity contribution in [1.29, 1.82) is 0 Å². The Morgan fingerprint density at radius 3 is 2.85 bits per heavy atom. The highest BCUT2D eigenvalue weighted by Gasteiger charge is 2.03. The number of rotatable bonds is 7. The zero-order valence-electron chi connectivity index (χ0n) is 12.0. The number of aromatic nitrogens is 1. The molecule has 0 spiro atoms. The van der Waals surface area contributed by atoms with Crippen LogP contribution in [0.4, 0.5) is 11.4 Å². The second-order valence-electron chi connectivity index (χ2n) is 4.57. The van der Waals surface area contributed by atoms with Gasteiger partial charge in [0.2, 0.25) is 0 Å². The van der Waals surface area contributed by atoms with Crippen molar-refractivity contribution in [2.24, 2.45) is 0 Å². The molecule has 0 aliphatic heterocycles. The van der Waals surface area contributed by atoms with Gasteiger partial charge in [-0.05, 0) is 18.9 Å². The Bertz CT molecular complexity index is 554. The van der Waals surface area contributed by atoms with E-state index in [2.05, 4.69) is 24.1 Å². The summed E-state index contributed by atoms with van der Waals surface area (Å²) in [6.45, 7) is 5.63. The first-order valence-corrected chi connectivity index (χ1v) is 7.73.